The molecule has 0 bridgehead atoms. The van der Waals surface area contributed by atoms with Crippen molar-refractivity contribution in [1.82, 2.24) is 10.6 Å². The number of rotatable bonds is 5. The first-order valence-electron chi connectivity index (χ1n) is 7.78. The Kier molecular flexibility index (Phi) is 6.85. The van der Waals surface area contributed by atoms with E-state index in [1.807, 2.05) is 5.38 Å². The van der Waals surface area contributed by atoms with Gasteiger partial charge in [0.25, 0.3) is 0 Å². The first-order valence-corrected chi connectivity index (χ1v) is 8.66. The minimum absolute atomic E-state index is 0.0330. The maximum atomic E-state index is 12.6. The fourth-order valence-electron chi connectivity index (χ4n) is 2.20. The first-order chi connectivity index (χ1) is 12.8. The number of nitrogens with two attached hydrogens (primary N) is 1. The second-order valence-corrected chi connectivity index (χ2v) is 6.42. The molecule has 1 unspecified atom stereocenters. The quantitative estimate of drug-likeness (QED) is 0.680. The lowest BCUT2D eigenvalue weighted by Crippen LogP contribution is -2.36. The van der Waals surface area contributed by atoms with Gasteiger partial charge in [-0.25, -0.2) is 4.79 Å². The summed E-state index contributed by atoms with van der Waals surface area (Å²) in [5.74, 6) is 4.80. The molecule has 9 heteroatoms. The van der Waals surface area contributed by atoms with E-state index in [1.54, 1.807) is 12.1 Å². The van der Waals surface area contributed by atoms with Crippen LogP contribution in [0.25, 0.3) is 0 Å². The summed E-state index contributed by atoms with van der Waals surface area (Å²) in [4.78, 5) is 23.9. The fraction of sp³-hybridized carbons (Fsp3) is 0.222. The number of nitrogens with one attached hydrogen (secondary N) is 2. The molecule has 0 aliphatic rings. The van der Waals surface area contributed by atoms with Crippen LogP contribution in [0.1, 0.15) is 28.5 Å². The van der Waals surface area contributed by atoms with Gasteiger partial charge in [-0.3, -0.25) is 4.79 Å². The highest BCUT2D eigenvalue weighted by Crippen LogP contribution is 2.29. The van der Waals surface area contributed by atoms with Crippen LogP contribution in [-0.2, 0) is 11.0 Å². The lowest BCUT2D eigenvalue weighted by molar-refractivity contribution is -0.137. The largest absolute Gasteiger partial charge is 0.416 e. The van der Waals surface area contributed by atoms with E-state index in [9.17, 15) is 22.8 Å². The van der Waals surface area contributed by atoms with Crippen LogP contribution in [0, 0.1) is 11.8 Å². The standard InChI is InChI=1S/C18H16F3N3O2S/c19-18(20,21)13-6-1-4-12(10-13)5-2-8-23-16(25)11-14(24-17(22)26)15-7-3-9-27-15/h1,3-4,6-7,9-10,14H,8,11H2,(H,23,25)(H3,22,24,26). The fourth-order valence-corrected chi connectivity index (χ4v) is 2.98. The molecule has 1 aromatic carbocycles. The smallest absolute Gasteiger partial charge is 0.352 e. The number of alkyl halides is 3. The highest BCUT2D eigenvalue weighted by molar-refractivity contribution is 7.10. The molecule has 5 nitrogen and oxygen atoms in total. The summed E-state index contributed by atoms with van der Waals surface area (Å²) >= 11 is 1.37. The topological polar surface area (TPSA) is 84.2 Å². The summed E-state index contributed by atoms with van der Waals surface area (Å²) in [5.41, 5.74) is 4.54. The van der Waals surface area contributed by atoms with Crippen LogP contribution in [0.2, 0.25) is 0 Å². The second-order valence-electron chi connectivity index (χ2n) is 5.44. The number of urea groups is 1. The molecular weight excluding hydrogens is 379 g/mol. The zero-order chi connectivity index (χ0) is 19.9. The van der Waals surface area contributed by atoms with Crippen molar-refractivity contribution >= 4 is 23.3 Å². The third-order valence-corrected chi connectivity index (χ3v) is 4.38. The lowest BCUT2D eigenvalue weighted by atomic mass is 10.1. The van der Waals surface area contributed by atoms with Gasteiger partial charge >= 0.3 is 12.2 Å². The van der Waals surface area contributed by atoms with Gasteiger partial charge in [0, 0.05) is 10.4 Å². The molecule has 3 amide bonds. The van der Waals surface area contributed by atoms with Crippen LogP contribution in [0.15, 0.2) is 41.8 Å². The Morgan fingerprint density at radius 3 is 2.63 bits per heavy atom. The number of hydrogen-bond donors (Lipinski definition) is 3. The van der Waals surface area contributed by atoms with Crippen LogP contribution < -0.4 is 16.4 Å². The number of thiophene rings is 1. The van der Waals surface area contributed by atoms with Gasteiger partial charge in [0.1, 0.15) is 0 Å². The van der Waals surface area contributed by atoms with E-state index in [2.05, 4.69) is 22.5 Å². The zero-order valence-corrected chi connectivity index (χ0v) is 14.8. The third-order valence-electron chi connectivity index (χ3n) is 3.39. The molecule has 0 saturated carbocycles. The maximum Gasteiger partial charge on any atom is 0.416 e. The third kappa shape index (κ3) is 6.67. The molecule has 0 aliphatic heterocycles. The molecule has 1 heterocycles. The van der Waals surface area contributed by atoms with Crippen molar-refractivity contribution in [2.24, 2.45) is 5.73 Å². The van der Waals surface area contributed by atoms with Crippen LogP contribution >= 0.6 is 11.3 Å². The molecule has 0 aliphatic carbocycles. The molecule has 0 spiro atoms. The summed E-state index contributed by atoms with van der Waals surface area (Å²) in [6, 6.07) is 6.88. The van der Waals surface area contributed by atoms with Crippen LogP contribution in [-0.4, -0.2) is 18.5 Å². The number of carbonyl (C=O) groups excluding carboxylic acids is 2. The summed E-state index contributed by atoms with van der Waals surface area (Å²) in [5, 5.41) is 6.85. The Morgan fingerprint density at radius 2 is 2.00 bits per heavy atom. The summed E-state index contributed by atoms with van der Waals surface area (Å²) in [6.07, 6.45) is -4.47. The van der Waals surface area contributed by atoms with Crippen molar-refractivity contribution in [3.8, 4) is 11.8 Å². The van der Waals surface area contributed by atoms with E-state index in [1.165, 1.54) is 23.5 Å². The van der Waals surface area contributed by atoms with Gasteiger partial charge in [0.05, 0.1) is 24.6 Å². The van der Waals surface area contributed by atoms with Gasteiger partial charge < -0.3 is 16.4 Å². The average molecular weight is 395 g/mol. The van der Waals surface area contributed by atoms with Crippen molar-refractivity contribution < 1.29 is 22.8 Å². The van der Waals surface area contributed by atoms with Gasteiger partial charge in [-0.1, -0.05) is 24.0 Å². The Labute approximate surface area is 157 Å². The summed E-state index contributed by atoms with van der Waals surface area (Å²) < 4.78 is 37.9. The predicted molar refractivity (Wildman–Crippen MR) is 95.7 cm³/mol. The van der Waals surface area contributed by atoms with Crippen LogP contribution in [0.3, 0.4) is 0 Å². The number of carbonyl (C=O) groups is 2. The molecular formula is C18H16F3N3O2S. The van der Waals surface area contributed by atoms with Crippen LogP contribution in [0.4, 0.5) is 18.0 Å². The molecule has 1 aromatic heterocycles. The van der Waals surface area contributed by atoms with Crippen molar-refractivity contribution in [3.63, 3.8) is 0 Å². The van der Waals surface area contributed by atoms with Gasteiger partial charge in [-0.15, -0.1) is 11.3 Å². The molecule has 1 atom stereocenters. The van der Waals surface area contributed by atoms with E-state index < -0.39 is 23.8 Å². The van der Waals surface area contributed by atoms with Crippen molar-refractivity contribution in [1.29, 1.82) is 0 Å². The zero-order valence-electron chi connectivity index (χ0n) is 14.0. The van der Waals surface area contributed by atoms with Gasteiger partial charge in [0.15, 0.2) is 0 Å². The van der Waals surface area contributed by atoms with Gasteiger partial charge in [0.2, 0.25) is 5.91 Å². The molecule has 27 heavy (non-hydrogen) atoms. The number of primary amides is 1. The number of amides is 3. The average Bonchev–Trinajstić information content (AvgIpc) is 3.12. The molecule has 0 fully saturated rings. The van der Waals surface area contributed by atoms with Crippen molar-refractivity contribution in [3.05, 3.63) is 57.8 Å². The van der Waals surface area contributed by atoms with E-state index in [4.69, 9.17) is 5.73 Å². The van der Waals surface area contributed by atoms with Gasteiger partial charge in [-0.2, -0.15) is 13.2 Å². The molecule has 2 aromatic rings. The van der Waals surface area contributed by atoms with E-state index in [-0.39, 0.29) is 24.4 Å². The Bertz CT molecular complexity index is 855. The predicted octanol–water partition coefficient (Wildman–Crippen LogP) is 3.03. The van der Waals surface area contributed by atoms with Crippen molar-refractivity contribution in [2.75, 3.05) is 6.54 Å². The Morgan fingerprint density at radius 1 is 1.22 bits per heavy atom. The second kappa shape index (κ2) is 9.09. The first kappa shape index (κ1) is 20.3. The molecule has 0 saturated heterocycles. The van der Waals surface area contributed by atoms with E-state index in [0.717, 1.165) is 17.0 Å². The number of hydrogen-bond acceptors (Lipinski definition) is 3. The maximum absolute atomic E-state index is 12.6. The number of benzene rings is 1. The Balaban J connectivity index is 1.91. The van der Waals surface area contributed by atoms with E-state index >= 15 is 0 Å². The monoisotopic (exact) mass is 395 g/mol. The van der Waals surface area contributed by atoms with Crippen molar-refractivity contribution in [2.45, 2.75) is 18.6 Å². The highest BCUT2D eigenvalue weighted by atomic mass is 32.1. The molecule has 2 rings (SSSR count). The SMILES string of the molecule is NC(=O)NC(CC(=O)NCC#Cc1cccc(C(F)(F)F)c1)c1cccs1. The summed E-state index contributed by atoms with van der Waals surface area (Å²) in [6.45, 7) is -0.0389. The minimum atomic E-state index is -4.43. The van der Waals surface area contributed by atoms with E-state index in [0.29, 0.717) is 0 Å². The normalized spacial score (nSPS) is 11.8. The Hall–Kier alpha value is -2.99. The lowest BCUT2D eigenvalue weighted by Gasteiger charge is -2.15. The molecule has 0 radical (unpaired) electrons. The minimum Gasteiger partial charge on any atom is -0.352 e. The number of halogens is 3. The van der Waals surface area contributed by atoms with Crippen LogP contribution in [0.5, 0.6) is 0 Å². The molecule has 142 valence electrons. The summed E-state index contributed by atoms with van der Waals surface area (Å²) in [7, 11) is 0. The van der Waals surface area contributed by atoms with Gasteiger partial charge in [-0.05, 0) is 29.6 Å². The highest BCUT2D eigenvalue weighted by Gasteiger charge is 2.30. The molecule has 4 N–H and O–H groups in total.